The molecule has 1 saturated heterocycles. The summed E-state index contributed by atoms with van der Waals surface area (Å²) in [6.45, 7) is 7.11. The number of hydrogen-bond acceptors (Lipinski definition) is 2. The van der Waals surface area contributed by atoms with Gasteiger partial charge in [-0.2, -0.15) is 0 Å². The van der Waals surface area contributed by atoms with Crippen molar-refractivity contribution < 1.29 is 0 Å². The Labute approximate surface area is 101 Å². The van der Waals surface area contributed by atoms with Crippen LogP contribution in [-0.4, -0.2) is 30.1 Å². The van der Waals surface area contributed by atoms with Crippen molar-refractivity contribution in [1.29, 1.82) is 0 Å². The summed E-state index contributed by atoms with van der Waals surface area (Å²) in [5.74, 6) is 0. The van der Waals surface area contributed by atoms with Gasteiger partial charge in [-0.05, 0) is 31.2 Å². The number of likely N-dealkylation sites (tertiary alicyclic amines) is 1. The summed E-state index contributed by atoms with van der Waals surface area (Å²) in [4.78, 5) is 2.73. The first-order valence-corrected chi connectivity index (χ1v) is 7.09. The maximum atomic E-state index is 6.21. The number of nitrogens with zero attached hydrogens (tertiary/aromatic N) is 1. The molecule has 2 aliphatic rings. The lowest BCUT2D eigenvalue weighted by Crippen LogP contribution is -2.55. The number of rotatable bonds is 1. The van der Waals surface area contributed by atoms with E-state index in [1.807, 2.05) is 0 Å². The summed E-state index contributed by atoms with van der Waals surface area (Å²) in [6, 6.07) is 1.25. The van der Waals surface area contributed by atoms with E-state index in [9.17, 15) is 0 Å². The van der Waals surface area contributed by atoms with Crippen LogP contribution < -0.4 is 5.73 Å². The van der Waals surface area contributed by atoms with Crippen LogP contribution in [-0.2, 0) is 0 Å². The van der Waals surface area contributed by atoms with Gasteiger partial charge in [0, 0.05) is 18.6 Å². The van der Waals surface area contributed by atoms with Crippen LogP contribution in [0.25, 0.3) is 0 Å². The van der Waals surface area contributed by atoms with Crippen LogP contribution >= 0.6 is 0 Å². The van der Waals surface area contributed by atoms with Crippen molar-refractivity contribution in [3.63, 3.8) is 0 Å². The monoisotopic (exact) mass is 224 g/mol. The van der Waals surface area contributed by atoms with Gasteiger partial charge in [0.15, 0.2) is 0 Å². The second-order valence-corrected chi connectivity index (χ2v) is 6.50. The fourth-order valence-corrected chi connectivity index (χ4v) is 3.35. The molecule has 0 bridgehead atoms. The molecule has 94 valence electrons. The molecule has 1 unspecified atom stereocenters. The van der Waals surface area contributed by atoms with Crippen LogP contribution in [0.2, 0.25) is 0 Å². The van der Waals surface area contributed by atoms with E-state index in [4.69, 9.17) is 5.73 Å². The average Bonchev–Trinajstić information content (AvgIpc) is 2.50. The molecule has 0 spiro atoms. The van der Waals surface area contributed by atoms with E-state index in [1.165, 1.54) is 58.0 Å². The second-order valence-electron chi connectivity index (χ2n) is 6.50. The van der Waals surface area contributed by atoms with Crippen LogP contribution in [0.5, 0.6) is 0 Å². The summed E-state index contributed by atoms with van der Waals surface area (Å²) in [5.41, 5.74) is 6.52. The maximum Gasteiger partial charge on any atom is 0.0115 e. The van der Waals surface area contributed by atoms with Gasteiger partial charge in [0.25, 0.3) is 0 Å². The van der Waals surface area contributed by atoms with E-state index < -0.39 is 0 Å². The van der Waals surface area contributed by atoms with E-state index in [0.717, 1.165) is 6.04 Å². The van der Waals surface area contributed by atoms with Crippen LogP contribution in [0.3, 0.4) is 0 Å². The van der Waals surface area contributed by atoms with Gasteiger partial charge >= 0.3 is 0 Å². The first-order valence-electron chi connectivity index (χ1n) is 7.09. The average molecular weight is 224 g/mol. The number of nitrogens with two attached hydrogens (primary N) is 1. The van der Waals surface area contributed by atoms with Gasteiger partial charge in [0.05, 0.1) is 0 Å². The standard InChI is InChI=1S/C14H28N2/c1-14(2)11-16(10-9-13(14)15)12-7-5-3-4-6-8-12/h12-13H,3-11,15H2,1-2H3. The molecule has 2 N–H and O–H groups in total. The highest BCUT2D eigenvalue weighted by Gasteiger charge is 2.35. The van der Waals surface area contributed by atoms with Crippen LogP contribution in [0.1, 0.15) is 58.8 Å². The van der Waals surface area contributed by atoms with Crippen LogP contribution in [0.15, 0.2) is 0 Å². The fourth-order valence-electron chi connectivity index (χ4n) is 3.35. The molecule has 2 rings (SSSR count). The van der Waals surface area contributed by atoms with Crippen molar-refractivity contribution in [2.24, 2.45) is 11.1 Å². The quantitative estimate of drug-likeness (QED) is 0.694. The second kappa shape index (κ2) is 5.05. The Kier molecular flexibility index (Phi) is 3.91. The molecule has 2 heteroatoms. The van der Waals surface area contributed by atoms with Crippen LogP contribution in [0, 0.1) is 5.41 Å². The predicted octanol–water partition coefficient (Wildman–Crippen LogP) is 2.77. The highest BCUT2D eigenvalue weighted by atomic mass is 15.2. The third-order valence-electron chi connectivity index (χ3n) is 4.68. The molecule has 1 aliphatic heterocycles. The molecule has 0 aromatic carbocycles. The molecule has 2 fully saturated rings. The number of piperidine rings is 1. The summed E-state index contributed by atoms with van der Waals surface area (Å²) < 4.78 is 0. The molecule has 0 radical (unpaired) electrons. The van der Waals surface area contributed by atoms with Gasteiger partial charge in [-0.25, -0.2) is 0 Å². The molecule has 1 heterocycles. The van der Waals surface area contributed by atoms with E-state index in [1.54, 1.807) is 0 Å². The Bertz CT molecular complexity index is 217. The Balaban J connectivity index is 1.94. The molecule has 0 aromatic heterocycles. The zero-order valence-electron chi connectivity index (χ0n) is 11.0. The molecule has 0 aromatic rings. The fraction of sp³-hybridized carbons (Fsp3) is 1.00. The highest BCUT2D eigenvalue weighted by molar-refractivity contribution is 4.92. The largest absolute Gasteiger partial charge is 0.327 e. The van der Waals surface area contributed by atoms with E-state index in [0.29, 0.717) is 11.5 Å². The van der Waals surface area contributed by atoms with Gasteiger partial charge in [-0.1, -0.05) is 39.5 Å². The van der Waals surface area contributed by atoms with Crippen LogP contribution in [0.4, 0.5) is 0 Å². The lowest BCUT2D eigenvalue weighted by Gasteiger charge is -2.45. The molecule has 1 saturated carbocycles. The van der Waals surface area contributed by atoms with Crippen molar-refractivity contribution in [2.75, 3.05) is 13.1 Å². The summed E-state index contributed by atoms with van der Waals surface area (Å²) in [5, 5.41) is 0. The molecule has 1 aliphatic carbocycles. The Hall–Kier alpha value is -0.0800. The predicted molar refractivity (Wildman–Crippen MR) is 69.4 cm³/mol. The Morgan fingerprint density at radius 1 is 1.00 bits per heavy atom. The topological polar surface area (TPSA) is 29.3 Å². The molecule has 1 atom stereocenters. The first kappa shape index (κ1) is 12.4. The molecule has 0 amide bonds. The Morgan fingerprint density at radius 2 is 1.62 bits per heavy atom. The summed E-state index contributed by atoms with van der Waals surface area (Å²) >= 11 is 0. The minimum atomic E-state index is 0.310. The molecular weight excluding hydrogens is 196 g/mol. The zero-order valence-corrected chi connectivity index (χ0v) is 11.0. The SMILES string of the molecule is CC1(C)CN(C2CCCCCC2)CCC1N. The third-order valence-corrected chi connectivity index (χ3v) is 4.68. The minimum absolute atomic E-state index is 0.310. The lowest BCUT2D eigenvalue weighted by molar-refractivity contribution is 0.0551. The van der Waals surface area contributed by atoms with Crippen molar-refractivity contribution in [2.45, 2.75) is 70.9 Å². The smallest absolute Gasteiger partial charge is 0.0115 e. The first-order chi connectivity index (χ1) is 7.59. The maximum absolute atomic E-state index is 6.21. The van der Waals surface area contributed by atoms with Gasteiger partial charge in [-0.15, -0.1) is 0 Å². The minimum Gasteiger partial charge on any atom is -0.327 e. The zero-order chi connectivity index (χ0) is 11.6. The van der Waals surface area contributed by atoms with Crippen molar-refractivity contribution >= 4 is 0 Å². The highest BCUT2D eigenvalue weighted by Crippen LogP contribution is 2.32. The van der Waals surface area contributed by atoms with E-state index in [-0.39, 0.29) is 0 Å². The van der Waals surface area contributed by atoms with Gasteiger partial charge in [-0.3, -0.25) is 4.90 Å². The van der Waals surface area contributed by atoms with Gasteiger partial charge in [0.1, 0.15) is 0 Å². The van der Waals surface area contributed by atoms with Gasteiger partial charge < -0.3 is 5.73 Å². The normalized spacial score (nSPS) is 33.6. The molecule has 2 nitrogen and oxygen atoms in total. The summed E-state index contributed by atoms with van der Waals surface area (Å²) in [7, 11) is 0. The third kappa shape index (κ3) is 2.78. The van der Waals surface area contributed by atoms with E-state index >= 15 is 0 Å². The van der Waals surface area contributed by atoms with Crippen molar-refractivity contribution in [3.05, 3.63) is 0 Å². The molecular formula is C14H28N2. The molecule has 16 heavy (non-hydrogen) atoms. The van der Waals surface area contributed by atoms with E-state index in [2.05, 4.69) is 18.7 Å². The number of hydrogen-bond donors (Lipinski definition) is 1. The van der Waals surface area contributed by atoms with Crippen molar-refractivity contribution in [3.8, 4) is 0 Å². The van der Waals surface area contributed by atoms with Gasteiger partial charge in [0.2, 0.25) is 0 Å². The Morgan fingerprint density at radius 3 is 2.19 bits per heavy atom. The van der Waals surface area contributed by atoms with Crippen molar-refractivity contribution in [1.82, 2.24) is 4.90 Å². The lowest BCUT2D eigenvalue weighted by atomic mass is 9.79. The summed E-state index contributed by atoms with van der Waals surface area (Å²) in [6.07, 6.45) is 9.81.